The number of hydrogen-bond donors (Lipinski definition) is 3. The number of nitrogens with zero attached hydrogens (tertiary/aromatic N) is 1. The molecule has 1 aliphatic heterocycles. The summed E-state index contributed by atoms with van der Waals surface area (Å²) >= 11 is 0. The fourth-order valence-electron chi connectivity index (χ4n) is 3.22. The molecule has 0 unspecified atom stereocenters. The minimum atomic E-state index is -0.829. The first kappa shape index (κ1) is 21.5. The number of carbonyl (C=O) groups is 2. The quantitative estimate of drug-likeness (QED) is 0.470. The minimum absolute atomic E-state index is 0.0116. The summed E-state index contributed by atoms with van der Waals surface area (Å²) in [5.41, 5.74) is 11.8. The standard InChI is InChI=1S/C22H24N4O4/c1-14-3-2-4-17(9-14)25-20(13-24)22(28)29-21(27)11-18-10-19(26-30-18)16-7-5-15(12-23)6-8-16/h2-9,18-20,25-26H,10-11,13,24H2,1H3/t18-,19+,20+/m1/s1. The Balaban J connectivity index is 1.49. The van der Waals surface area contributed by atoms with Gasteiger partial charge in [-0.05, 0) is 48.7 Å². The summed E-state index contributed by atoms with van der Waals surface area (Å²) in [6.45, 7) is 1.92. The largest absolute Gasteiger partial charge is 0.391 e. The number of hydrogen-bond acceptors (Lipinski definition) is 8. The van der Waals surface area contributed by atoms with Gasteiger partial charge in [0.1, 0.15) is 6.04 Å². The number of aryl methyl sites for hydroxylation is 1. The van der Waals surface area contributed by atoms with Crippen LogP contribution in [0.3, 0.4) is 0 Å². The summed E-state index contributed by atoms with van der Waals surface area (Å²) in [5.74, 6) is -1.39. The van der Waals surface area contributed by atoms with Crippen LogP contribution in [0.4, 0.5) is 5.69 Å². The third-order valence-corrected chi connectivity index (χ3v) is 4.81. The van der Waals surface area contributed by atoms with Crippen LogP contribution in [0.5, 0.6) is 0 Å². The number of rotatable bonds is 7. The molecular formula is C22H24N4O4. The van der Waals surface area contributed by atoms with Gasteiger partial charge in [0.25, 0.3) is 0 Å². The number of nitrogens with two attached hydrogens (primary N) is 1. The maximum absolute atomic E-state index is 12.3. The van der Waals surface area contributed by atoms with Gasteiger partial charge in [-0.15, -0.1) is 0 Å². The summed E-state index contributed by atoms with van der Waals surface area (Å²) in [6, 6.07) is 15.8. The van der Waals surface area contributed by atoms with Crippen molar-refractivity contribution in [3.8, 4) is 6.07 Å². The third kappa shape index (κ3) is 5.64. The maximum Gasteiger partial charge on any atom is 0.337 e. The normalized spacial score (nSPS) is 19.0. The van der Waals surface area contributed by atoms with Crippen molar-refractivity contribution in [1.82, 2.24) is 5.48 Å². The van der Waals surface area contributed by atoms with Gasteiger partial charge in [-0.25, -0.2) is 4.79 Å². The summed E-state index contributed by atoms with van der Waals surface area (Å²) in [5, 5.41) is 11.9. The lowest BCUT2D eigenvalue weighted by Gasteiger charge is -2.17. The lowest BCUT2D eigenvalue weighted by molar-refractivity contribution is -0.161. The number of anilines is 1. The van der Waals surface area contributed by atoms with Crippen LogP contribution in [0, 0.1) is 18.3 Å². The van der Waals surface area contributed by atoms with Crippen molar-refractivity contribution in [3.63, 3.8) is 0 Å². The molecule has 3 atom stereocenters. The lowest BCUT2D eigenvalue weighted by atomic mass is 10.0. The molecule has 3 rings (SSSR count). The summed E-state index contributed by atoms with van der Waals surface area (Å²) in [4.78, 5) is 30.0. The molecule has 30 heavy (non-hydrogen) atoms. The van der Waals surface area contributed by atoms with Crippen LogP contribution < -0.4 is 16.5 Å². The summed E-state index contributed by atoms with van der Waals surface area (Å²) in [6.07, 6.45) is 0.0524. The Bertz CT molecular complexity index is 939. The molecule has 8 nitrogen and oxygen atoms in total. The van der Waals surface area contributed by atoms with Crippen molar-refractivity contribution >= 4 is 17.6 Å². The van der Waals surface area contributed by atoms with Crippen LogP contribution in [-0.4, -0.2) is 30.6 Å². The zero-order valence-corrected chi connectivity index (χ0v) is 16.6. The summed E-state index contributed by atoms with van der Waals surface area (Å²) in [7, 11) is 0. The van der Waals surface area contributed by atoms with Crippen molar-refractivity contribution < 1.29 is 19.2 Å². The molecule has 4 N–H and O–H groups in total. The van der Waals surface area contributed by atoms with E-state index in [9.17, 15) is 9.59 Å². The highest BCUT2D eigenvalue weighted by atomic mass is 16.7. The van der Waals surface area contributed by atoms with Crippen LogP contribution in [-0.2, 0) is 19.2 Å². The molecule has 2 aromatic rings. The van der Waals surface area contributed by atoms with Crippen molar-refractivity contribution in [2.75, 3.05) is 11.9 Å². The van der Waals surface area contributed by atoms with Crippen LogP contribution in [0.25, 0.3) is 0 Å². The van der Waals surface area contributed by atoms with Gasteiger partial charge < -0.3 is 15.8 Å². The number of nitriles is 1. The molecular weight excluding hydrogens is 384 g/mol. The molecule has 0 aromatic heterocycles. The van der Waals surface area contributed by atoms with Crippen molar-refractivity contribution in [2.45, 2.75) is 38.0 Å². The Morgan fingerprint density at radius 2 is 2.10 bits per heavy atom. The topological polar surface area (TPSA) is 126 Å². The molecule has 0 bridgehead atoms. The zero-order chi connectivity index (χ0) is 21.5. The van der Waals surface area contributed by atoms with E-state index in [1.54, 1.807) is 12.1 Å². The van der Waals surface area contributed by atoms with E-state index in [4.69, 9.17) is 20.6 Å². The predicted molar refractivity (Wildman–Crippen MR) is 110 cm³/mol. The number of ether oxygens (including phenoxy) is 1. The molecule has 0 amide bonds. The number of esters is 2. The third-order valence-electron chi connectivity index (χ3n) is 4.81. The second kappa shape index (κ2) is 9.98. The van der Waals surface area contributed by atoms with E-state index in [0.717, 1.165) is 16.8 Å². The zero-order valence-electron chi connectivity index (χ0n) is 16.6. The highest BCUT2D eigenvalue weighted by molar-refractivity contribution is 5.90. The Hall–Kier alpha value is -3.25. The predicted octanol–water partition coefficient (Wildman–Crippen LogP) is 2.10. The first-order valence-corrected chi connectivity index (χ1v) is 9.67. The second-order valence-corrected chi connectivity index (χ2v) is 7.18. The maximum atomic E-state index is 12.3. The first-order valence-electron chi connectivity index (χ1n) is 9.67. The van der Waals surface area contributed by atoms with Crippen molar-refractivity contribution in [2.24, 2.45) is 5.73 Å². The Labute approximate surface area is 174 Å². The van der Waals surface area contributed by atoms with Gasteiger partial charge in [0, 0.05) is 12.2 Å². The molecule has 0 radical (unpaired) electrons. The monoisotopic (exact) mass is 408 g/mol. The summed E-state index contributed by atoms with van der Waals surface area (Å²) < 4.78 is 4.97. The number of nitrogens with one attached hydrogen (secondary N) is 2. The fraction of sp³-hybridized carbons (Fsp3) is 0.318. The van der Waals surface area contributed by atoms with Crippen LogP contribution in [0.15, 0.2) is 48.5 Å². The van der Waals surface area contributed by atoms with Crippen LogP contribution >= 0.6 is 0 Å². The van der Waals surface area contributed by atoms with Crippen LogP contribution in [0.2, 0.25) is 0 Å². The molecule has 0 spiro atoms. The van der Waals surface area contributed by atoms with E-state index in [1.165, 1.54) is 0 Å². The van der Waals surface area contributed by atoms with E-state index in [2.05, 4.69) is 16.9 Å². The van der Waals surface area contributed by atoms with Crippen LogP contribution in [0.1, 0.15) is 35.6 Å². The minimum Gasteiger partial charge on any atom is -0.391 e. The van der Waals surface area contributed by atoms with Crippen molar-refractivity contribution in [1.29, 1.82) is 5.26 Å². The van der Waals surface area contributed by atoms with Gasteiger partial charge in [-0.3, -0.25) is 9.63 Å². The number of carbonyl (C=O) groups excluding carboxylic acids is 2. The van der Waals surface area contributed by atoms with Gasteiger partial charge in [0.2, 0.25) is 0 Å². The molecule has 0 saturated carbocycles. The van der Waals surface area contributed by atoms with Gasteiger partial charge in [-0.1, -0.05) is 24.3 Å². The fourth-order valence-corrected chi connectivity index (χ4v) is 3.22. The first-order chi connectivity index (χ1) is 14.5. The van der Waals surface area contributed by atoms with Crippen molar-refractivity contribution in [3.05, 3.63) is 65.2 Å². The van der Waals surface area contributed by atoms with E-state index >= 15 is 0 Å². The highest BCUT2D eigenvalue weighted by Gasteiger charge is 2.30. The molecule has 1 aliphatic rings. The Kier molecular flexibility index (Phi) is 7.14. The average Bonchev–Trinajstić information content (AvgIpc) is 3.20. The molecule has 156 valence electrons. The Morgan fingerprint density at radius 3 is 2.77 bits per heavy atom. The highest BCUT2D eigenvalue weighted by Crippen LogP contribution is 2.27. The molecule has 2 aromatic carbocycles. The Morgan fingerprint density at radius 1 is 1.33 bits per heavy atom. The molecule has 1 heterocycles. The molecule has 1 fully saturated rings. The van der Waals surface area contributed by atoms with Gasteiger partial charge in [0.05, 0.1) is 30.2 Å². The van der Waals surface area contributed by atoms with E-state index < -0.39 is 24.1 Å². The molecule has 1 saturated heterocycles. The number of benzene rings is 2. The second-order valence-electron chi connectivity index (χ2n) is 7.18. The SMILES string of the molecule is Cc1cccc(N[C@@H](CN)C(=O)OC(=O)C[C@H]2C[C@@H](c3ccc(C#N)cc3)NO2)c1. The number of hydroxylamine groups is 1. The van der Waals surface area contributed by atoms with Gasteiger partial charge in [-0.2, -0.15) is 10.7 Å². The van der Waals surface area contributed by atoms with Gasteiger partial charge in [0.15, 0.2) is 0 Å². The van der Waals surface area contributed by atoms with E-state index in [0.29, 0.717) is 12.0 Å². The van der Waals surface area contributed by atoms with E-state index in [1.807, 2.05) is 43.3 Å². The molecule has 8 heteroatoms. The van der Waals surface area contributed by atoms with Gasteiger partial charge >= 0.3 is 11.9 Å². The lowest BCUT2D eigenvalue weighted by Crippen LogP contribution is -2.39. The van der Waals surface area contributed by atoms with E-state index in [-0.39, 0.29) is 19.0 Å². The average molecular weight is 408 g/mol. The smallest absolute Gasteiger partial charge is 0.337 e. The molecule has 0 aliphatic carbocycles.